The number of rotatable bonds is 5. The number of hydrogen-bond acceptors (Lipinski definition) is 4. The van der Waals surface area contributed by atoms with Gasteiger partial charge in [0.15, 0.2) is 5.78 Å². The lowest BCUT2D eigenvalue weighted by Gasteiger charge is -2.26. The number of Topliss-reactive ketones (excluding diaryl/α,β-unsaturated/α-hetero) is 1. The van der Waals surface area contributed by atoms with E-state index in [1.54, 1.807) is 0 Å². The Morgan fingerprint density at radius 2 is 2.05 bits per heavy atom. The molecule has 0 aromatic heterocycles. The minimum Gasteiger partial charge on any atom is -0.303 e. The molecule has 0 N–H and O–H groups in total. The molecule has 21 heavy (non-hydrogen) atoms. The van der Waals surface area contributed by atoms with Crippen molar-refractivity contribution in [2.75, 3.05) is 0 Å². The molecule has 2 atom stereocenters. The van der Waals surface area contributed by atoms with E-state index in [1.807, 2.05) is 13.0 Å². The predicted octanol–water partition coefficient (Wildman–Crippen LogP) is 3.34. The topological polar surface area (TPSA) is 77.3 Å². The van der Waals surface area contributed by atoms with Crippen molar-refractivity contribution >= 4 is 17.8 Å². The third-order valence-corrected chi connectivity index (χ3v) is 4.03. The summed E-state index contributed by atoms with van der Waals surface area (Å²) in [5.74, 6) is -0.243. The van der Waals surface area contributed by atoms with Crippen LogP contribution < -0.4 is 0 Å². The van der Waals surface area contributed by atoms with Crippen LogP contribution >= 0.6 is 0 Å². The summed E-state index contributed by atoms with van der Waals surface area (Å²) < 4.78 is 0. The van der Waals surface area contributed by atoms with Gasteiger partial charge in [0.1, 0.15) is 6.29 Å². The molecule has 0 spiro atoms. The molecule has 0 fully saturated rings. The molecule has 2 unspecified atom stereocenters. The SMILES string of the molecule is CC1=CCCC(CC(=O)c2ccc([N+](=O)[O-])cc2)C1C=O. The molecule has 1 aliphatic carbocycles. The average Bonchev–Trinajstić information content (AvgIpc) is 2.47. The molecule has 1 aromatic rings. The molecule has 0 saturated heterocycles. The maximum atomic E-state index is 12.3. The zero-order chi connectivity index (χ0) is 15.4. The summed E-state index contributed by atoms with van der Waals surface area (Å²) in [5, 5.41) is 10.6. The smallest absolute Gasteiger partial charge is 0.269 e. The highest BCUT2D eigenvalue weighted by atomic mass is 16.6. The number of carbonyl (C=O) groups excluding carboxylic acids is 2. The first kappa shape index (κ1) is 15.1. The Labute approximate surface area is 122 Å². The van der Waals surface area contributed by atoms with Gasteiger partial charge in [-0.25, -0.2) is 0 Å². The third kappa shape index (κ3) is 3.42. The standard InChI is InChI=1S/C16H17NO4/c1-11-3-2-4-13(15(11)10-18)9-16(19)12-5-7-14(8-6-12)17(20)21/h3,5-8,10,13,15H,2,4,9H2,1H3. The number of aldehydes is 1. The lowest BCUT2D eigenvalue weighted by molar-refractivity contribution is -0.384. The Morgan fingerprint density at radius 1 is 1.38 bits per heavy atom. The van der Waals surface area contributed by atoms with E-state index in [1.165, 1.54) is 24.3 Å². The van der Waals surface area contributed by atoms with E-state index in [9.17, 15) is 19.7 Å². The van der Waals surface area contributed by atoms with Crippen molar-refractivity contribution in [3.63, 3.8) is 0 Å². The van der Waals surface area contributed by atoms with Gasteiger partial charge in [-0.15, -0.1) is 0 Å². The van der Waals surface area contributed by atoms with Crippen LogP contribution in [0.15, 0.2) is 35.9 Å². The van der Waals surface area contributed by atoms with Gasteiger partial charge in [0.2, 0.25) is 0 Å². The van der Waals surface area contributed by atoms with E-state index >= 15 is 0 Å². The van der Waals surface area contributed by atoms with Crippen LogP contribution in [0.1, 0.15) is 36.5 Å². The summed E-state index contributed by atoms with van der Waals surface area (Å²) in [6.07, 6.45) is 4.96. The largest absolute Gasteiger partial charge is 0.303 e. The highest BCUT2D eigenvalue weighted by Crippen LogP contribution is 2.32. The lowest BCUT2D eigenvalue weighted by atomic mass is 9.77. The Kier molecular flexibility index (Phi) is 4.62. The van der Waals surface area contributed by atoms with E-state index in [-0.39, 0.29) is 23.3 Å². The van der Waals surface area contributed by atoms with Gasteiger partial charge in [-0.2, -0.15) is 0 Å². The molecule has 2 rings (SSSR count). The second kappa shape index (κ2) is 6.43. The number of nitro benzene ring substituents is 1. The Morgan fingerprint density at radius 3 is 2.62 bits per heavy atom. The molecule has 0 heterocycles. The van der Waals surface area contributed by atoms with Crippen LogP contribution in [-0.2, 0) is 4.79 Å². The Hall–Kier alpha value is -2.30. The van der Waals surface area contributed by atoms with Crippen LogP contribution in [-0.4, -0.2) is 17.0 Å². The molecule has 0 radical (unpaired) electrons. The van der Waals surface area contributed by atoms with Crippen molar-refractivity contribution in [2.45, 2.75) is 26.2 Å². The zero-order valence-electron chi connectivity index (χ0n) is 11.8. The van der Waals surface area contributed by atoms with Gasteiger partial charge in [-0.1, -0.05) is 11.6 Å². The van der Waals surface area contributed by atoms with Crippen molar-refractivity contribution < 1.29 is 14.5 Å². The summed E-state index contributed by atoms with van der Waals surface area (Å²) in [6, 6.07) is 5.61. The Bertz CT molecular complexity index is 589. The Balaban J connectivity index is 2.09. The van der Waals surface area contributed by atoms with Crippen molar-refractivity contribution in [3.8, 4) is 0 Å². The van der Waals surface area contributed by atoms with Gasteiger partial charge in [0.05, 0.1) is 4.92 Å². The zero-order valence-corrected chi connectivity index (χ0v) is 11.8. The molecule has 1 aliphatic rings. The van der Waals surface area contributed by atoms with Crippen LogP contribution in [0.25, 0.3) is 0 Å². The first-order valence-corrected chi connectivity index (χ1v) is 6.92. The fourth-order valence-corrected chi connectivity index (χ4v) is 2.78. The van der Waals surface area contributed by atoms with Crippen LogP contribution in [0.4, 0.5) is 5.69 Å². The van der Waals surface area contributed by atoms with Gasteiger partial charge in [-0.05, 0) is 37.8 Å². The van der Waals surface area contributed by atoms with E-state index in [0.29, 0.717) is 12.0 Å². The third-order valence-electron chi connectivity index (χ3n) is 4.03. The number of nitro groups is 1. The number of nitrogens with zero attached hydrogens (tertiary/aromatic N) is 1. The first-order valence-electron chi connectivity index (χ1n) is 6.92. The molecule has 5 nitrogen and oxygen atoms in total. The van der Waals surface area contributed by atoms with Gasteiger partial charge in [0, 0.05) is 30.0 Å². The van der Waals surface area contributed by atoms with E-state index in [2.05, 4.69) is 0 Å². The molecule has 110 valence electrons. The highest BCUT2D eigenvalue weighted by Gasteiger charge is 2.27. The molecule has 0 aliphatic heterocycles. The van der Waals surface area contributed by atoms with E-state index in [0.717, 1.165) is 24.7 Å². The summed E-state index contributed by atoms with van der Waals surface area (Å²) >= 11 is 0. The quantitative estimate of drug-likeness (QED) is 0.273. The monoisotopic (exact) mass is 287 g/mol. The average molecular weight is 287 g/mol. The summed E-state index contributed by atoms with van der Waals surface area (Å²) in [5.41, 5.74) is 1.45. The number of ketones is 1. The van der Waals surface area contributed by atoms with Crippen LogP contribution in [0.3, 0.4) is 0 Å². The molecule has 0 amide bonds. The van der Waals surface area contributed by atoms with Gasteiger partial charge in [0.25, 0.3) is 5.69 Å². The molecule has 5 heteroatoms. The van der Waals surface area contributed by atoms with Crippen molar-refractivity contribution in [3.05, 3.63) is 51.6 Å². The highest BCUT2D eigenvalue weighted by molar-refractivity contribution is 5.96. The predicted molar refractivity (Wildman–Crippen MR) is 78.1 cm³/mol. The van der Waals surface area contributed by atoms with Crippen LogP contribution in [0.5, 0.6) is 0 Å². The first-order chi connectivity index (χ1) is 10.0. The van der Waals surface area contributed by atoms with E-state index in [4.69, 9.17) is 0 Å². The summed E-state index contributed by atoms with van der Waals surface area (Å²) in [7, 11) is 0. The number of benzene rings is 1. The molecule has 0 bridgehead atoms. The van der Waals surface area contributed by atoms with Crippen LogP contribution in [0, 0.1) is 22.0 Å². The normalized spacial score (nSPS) is 21.5. The number of allylic oxidation sites excluding steroid dienone is 2. The number of non-ortho nitro benzene ring substituents is 1. The van der Waals surface area contributed by atoms with Gasteiger partial charge < -0.3 is 4.79 Å². The second-order valence-electron chi connectivity index (χ2n) is 5.38. The van der Waals surface area contributed by atoms with Crippen molar-refractivity contribution in [1.29, 1.82) is 0 Å². The van der Waals surface area contributed by atoms with Crippen molar-refractivity contribution in [2.24, 2.45) is 11.8 Å². The van der Waals surface area contributed by atoms with E-state index < -0.39 is 4.92 Å². The molecule has 1 aromatic carbocycles. The molecular weight excluding hydrogens is 270 g/mol. The maximum absolute atomic E-state index is 12.3. The van der Waals surface area contributed by atoms with Gasteiger partial charge in [-0.3, -0.25) is 14.9 Å². The minimum atomic E-state index is -0.494. The fourth-order valence-electron chi connectivity index (χ4n) is 2.78. The lowest BCUT2D eigenvalue weighted by Crippen LogP contribution is -2.23. The molecular formula is C16H17NO4. The maximum Gasteiger partial charge on any atom is 0.269 e. The second-order valence-corrected chi connectivity index (χ2v) is 5.38. The minimum absolute atomic E-state index is 0.0233. The van der Waals surface area contributed by atoms with Crippen LogP contribution in [0.2, 0.25) is 0 Å². The van der Waals surface area contributed by atoms with Gasteiger partial charge >= 0.3 is 0 Å². The fraction of sp³-hybridized carbons (Fsp3) is 0.375. The number of carbonyl (C=O) groups is 2. The van der Waals surface area contributed by atoms with Crippen molar-refractivity contribution in [1.82, 2.24) is 0 Å². The summed E-state index contributed by atoms with van der Waals surface area (Å²) in [6.45, 7) is 1.92. The molecule has 0 saturated carbocycles. The number of hydrogen-bond donors (Lipinski definition) is 0. The summed E-state index contributed by atoms with van der Waals surface area (Å²) in [4.78, 5) is 33.5.